The number of nitrogens with zero attached hydrogens (tertiary/aromatic N) is 3. The van der Waals surface area contributed by atoms with Crippen LogP contribution in [0.25, 0.3) is 10.2 Å². The predicted molar refractivity (Wildman–Crippen MR) is 115 cm³/mol. The van der Waals surface area contributed by atoms with E-state index in [0.29, 0.717) is 23.2 Å². The zero-order valence-corrected chi connectivity index (χ0v) is 17.7. The van der Waals surface area contributed by atoms with Crippen LogP contribution in [0.1, 0.15) is 29.5 Å². The van der Waals surface area contributed by atoms with E-state index in [1.54, 1.807) is 24.3 Å². The number of carbonyl (C=O) groups is 2. The summed E-state index contributed by atoms with van der Waals surface area (Å²) in [4.78, 5) is 31.0. The summed E-state index contributed by atoms with van der Waals surface area (Å²) < 4.78 is 6.13. The van der Waals surface area contributed by atoms with Crippen molar-refractivity contribution in [1.82, 2.24) is 15.0 Å². The number of aryl methyl sites for hydroxylation is 1. The summed E-state index contributed by atoms with van der Waals surface area (Å²) in [5, 5.41) is 7.55. The lowest BCUT2D eigenvalue weighted by Gasteiger charge is -2.31. The molecule has 9 heteroatoms. The van der Waals surface area contributed by atoms with E-state index in [2.05, 4.69) is 16.5 Å². The number of fused-ring (bicyclic) bond motifs is 1. The number of rotatable bonds is 6. The fraction of sp³-hybridized carbons (Fsp3) is 0.400. The highest BCUT2D eigenvalue weighted by molar-refractivity contribution is 8.00. The molecule has 1 aromatic carbocycles. The van der Waals surface area contributed by atoms with Gasteiger partial charge in [0.15, 0.2) is 5.82 Å². The number of piperidine rings is 1. The van der Waals surface area contributed by atoms with Crippen molar-refractivity contribution in [3.63, 3.8) is 0 Å². The molecule has 0 radical (unpaired) electrons. The molecule has 3 aromatic rings. The molecule has 0 unspecified atom stereocenters. The molecule has 4 rings (SSSR count). The number of anilines is 1. The second kappa shape index (κ2) is 8.96. The molecule has 7 nitrogen and oxygen atoms in total. The Labute approximate surface area is 176 Å². The lowest BCUT2D eigenvalue weighted by Crippen LogP contribution is -2.39. The molecular formula is C20H22N4O3S2. The summed E-state index contributed by atoms with van der Waals surface area (Å²) >= 11 is 3.08. The molecule has 0 atom stereocenters. The second-order valence-electron chi connectivity index (χ2n) is 7.04. The maximum Gasteiger partial charge on any atom is 0.235 e. The topological polar surface area (TPSA) is 88.3 Å². The van der Waals surface area contributed by atoms with Crippen LogP contribution >= 0.6 is 23.1 Å². The lowest BCUT2D eigenvalue weighted by atomic mass is 9.97. The highest BCUT2D eigenvalue weighted by Gasteiger charge is 2.25. The van der Waals surface area contributed by atoms with Gasteiger partial charge in [-0.05, 0) is 31.9 Å². The quantitative estimate of drug-likeness (QED) is 0.642. The van der Waals surface area contributed by atoms with Gasteiger partial charge in [-0.25, -0.2) is 4.98 Å². The van der Waals surface area contributed by atoms with E-state index in [4.69, 9.17) is 9.51 Å². The molecule has 1 fully saturated rings. The zero-order chi connectivity index (χ0) is 20.2. The molecule has 0 bridgehead atoms. The van der Waals surface area contributed by atoms with E-state index < -0.39 is 0 Å². The Balaban J connectivity index is 1.20. The number of para-hydroxylation sites is 1. The first-order chi connectivity index (χ1) is 14.1. The molecule has 0 aliphatic carbocycles. The van der Waals surface area contributed by atoms with Crippen LogP contribution in [0.3, 0.4) is 0 Å². The maximum absolute atomic E-state index is 12.5. The number of nitrogens with one attached hydrogen (secondary N) is 1. The van der Waals surface area contributed by atoms with Gasteiger partial charge in [-0.2, -0.15) is 0 Å². The van der Waals surface area contributed by atoms with Crippen LogP contribution in [0.15, 0.2) is 34.9 Å². The van der Waals surface area contributed by atoms with E-state index in [9.17, 15) is 9.59 Å². The third-order valence-electron chi connectivity index (χ3n) is 4.86. The Morgan fingerprint density at radius 3 is 2.79 bits per heavy atom. The fourth-order valence-corrected chi connectivity index (χ4v) is 5.22. The third-order valence-corrected chi connectivity index (χ3v) is 6.98. The Morgan fingerprint density at radius 2 is 2.07 bits per heavy atom. The van der Waals surface area contributed by atoms with Crippen molar-refractivity contribution in [2.24, 2.45) is 0 Å². The summed E-state index contributed by atoms with van der Waals surface area (Å²) in [5.41, 5.74) is 1.06. The summed E-state index contributed by atoms with van der Waals surface area (Å²) in [6.45, 7) is 3.24. The largest absolute Gasteiger partial charge is 0.360 e. The van der Waals surface area contributed by atoms with Gasteiger partial charge in [0.25, 0.3) is 0 Å². The molecule has 2 amide bonds. The van der Waals surface area contributed by atoms with E-state index in [1.807, 2.05) is 23.1 Å². The first-order valence-electron chi connectivity index (χ1n) is 9.52. The number of thiazole rings is 1. The molecule has 152 valence electrons. The van der Waals surface area contributed by atoms with E-state index in [1.165, 1.54) is 21.5 Å². The SMILES string of the molecule is Cc1cc(NC(=O)CSCC(=O)N2CCC(c3nc4ccccc4s3)CC2)no1. The van der Waals surface area contributed by atoms with Gasteiger partial charge in [0, 0.05) is 25.1 Å². The normalized spacial score (nSPS) is 15.0. The van der Waals surface area contributed by atoms with E-state index >= 15 is 0 Å². The van der Waals surface area contributed by atoms with Crippen LogP contribution in [-0.2, 0) is 9.59 Å². The first-order valence-corrected chi connectivity index (χ1v) is 11.5. The highest BCUT2D eigenvalue weighted by atomic mass is 32.2. The Kier molecular flexibility index (Phi) is 6.15. The van der Waals surface area contributed by atoms with Crippen LogP contribution in [0.5, 0.6) is 0 Å². The predicted octanol–water partition coefficient (Wildman–Crippen LogP) is 3.67. The number of hydrogen-bond donors (Lipinski definition) is 1. The number of carbonyl (C=O) groups excluding carboxylic acids is 2. The van der Waals surface area contributed by atoms with Gasteiger partial charge in [-0.1, -0.05) is 17.3 Å². The van der Waals surface area contributed by atoms with Gasteiger partial charge in [0.05, 0.1) is 26.7 Å². The average molecular weight is 431 g/mol. The molecule has 3 heterocycles. The minimum atomic E-state index is -0.189. The molecule has 0 saturated carbocycles. The van der Waals surface area contributed by atoms with Crippen LogP contribution in [0.2, 0.25) is 0 Å². The van der Waals surface area contributed by atoms with Crippen molar-refractivity contribution < 1.29 is 14.1 Å². The van der Waals surface area contributed by atoms with E-state index in [-0.39, 0.29) is 17.6 Å². The summed E-state index contributed by atoms with van der Waals surface area (Å²) in [6, 6.07) is 9.86. The average Bonchev–Trinajstić information content (AvgIpc) is 3.34. The van der Waals surface area contributed by atoms with Crippen molar-refractivity contribution in [1.29, 1.82) is 0 Å². The number of hydrogen-bond acceptors (Lipinski definition) is 7. The number of thioether (sulfide) groups is 1. The molecule has 1 saturated heterocycles. The van der Waals surface area contributed by atoms with Crippen LogP contribution in [-0.4, -0.2) is 51.5 Å². The molecule has 29 heavy (non-hydrogen) atoms. The minimum absolute atomic E-state index is 0.0860. The second-order valence-corrected chi connectivity index (χ2v) is 9.09. The Hall–Kier alpha value is -2.39. The minimum Gasteiger partial charge on any atom is -0.360 e. The van der Waals surface area contributed by atoms with Crippen LogP contribution in [0, 0.1) is 6.92 Å². The molecule has 1 aliphatic rings. The van der Waals surface area contributed by atoms with Gasteiger partial charge in [-0.3, -0.25) is 9.59 Å². The molecule has 2 aromatic heterocycles. The van der Waals surface area contributed by atoms with Crippen molar-refractivity contribution in [3.8, 4) is 0 Å². The molecule has 1 aliphatic heterocycles. The maximum atomic E-state index is 12.5. The molecule has 0 spiro atoms. The number of benzene rings is 1. The number of amides is 2. The molecular weight excluding hydrogens is 408 g/mol. The van der Waals surface area contributed by atoms with Crippen molar-refractivity contribution in [2.45, 2.75) is 25.7 Å². The smallest absolute Gasteiger partial charge is 0.235 e. The summed E-state index contributed by atoms with van der Waals surface area (Å²) in [5.74, 6) is 1.86. The van der Waals surface area contributed by atoms with Crippen LogP contribution < -0.4 is 5.32 Å². The van der Waals surface area contributed by atoms with E-state index in [0.717, 1.165) is 31.4 Å². The van der Waals surface area contributed by atoms with Crippen molar-refractivity contribution in [2.75, 3.05) is 29.9 Å². The summed E-state index contributed by atoms with van der Waals surface area (Å²) in [7, 11) is 0. The third kappa shape index (κ3) is 4.97. The van der Waals surface area contributed by atoms with Crippen molar-refractivity contribution in [3.05, 3.63) is 41.1 Å². The summed E-state index contributed by atoms with van der Waals surface area (Å²) in [6.07, 6.45) is 1.87. The standard InChI is InChI=1S/C20H22N4O3S2/c1-13-10-17(23-27-13)22-18(25)11-28-12-19(26)24-8-6-14(7-9-24)20-21-15-4-2-3-5-16(15)29-20/h2-5,10,14H,6-9,11-12H2,1H3,(H,22,23,25). The van der Waals surface area contributed by atoms with Gasteiger partial charge in [0.2, 0.25) is 11.8 Å². The first kappa shape index (κ1) is 19.9. The molecule has 1 N–H and O–H groups in total. The highest BCUT2D eigenvalue weighted by Crippen LogP contribution is 2.33. The number of likely N-dealkylation sites (tertiary alicyclic amines) is 1. The van der Waals surface area contributed by atoms with Gasteiger partial charge >= 0.3 is 0 Å². The number of aromatic nitrogens is 2. The monoisotopic (exact) mass is 430 g/mol. The van der Waals surface area contributed by atoms with Gasteiger partial charge < -0.3 is 14.7 Å². The van der Waals surface area contributed by atoms with Gasteiger partial charge in [-0.15, -0.1) is 23.1 Å². The fourth-order valence-electron chi connectivity index (χ4n) is 3.37. The van der Waals surface area contributed by atoms with Gasteiger partial charge in [0.1, 0.15) is 5.76 Å². The van der Waals surface area contributed by atoms with Crippen molar-refractivity contribution >= 4 is 50.9 Å². The lowest BCUT2D eigenvalue weighted by molar-refractivity contribution is -0.129. The Morgan fingerprint density at radius 1 is 1.28 bits per heavy atom. The van der Waals surface area contributed by atoms with Crippen LogP contribution in [0.4, 0.5) is 5.82 Å². The zero-order valence-electron chi connectivity index (χ0n) is 16.1. The Bertz CT molecular complexity index is 975.